The Kier molecular flexibility index (Phi) is 5.50. The Balaban J connectivity index is 1.53. The highest BCUT2D eigenvalue weighted by Gasteiger charge is 2.31. The van der Waals surface area contributed by atoms with Crippen molar-refractivity contribution in [1.82, 2.24) is 9.88 Å². The van der Waals surface area contributed by atoms with Gasteiger partial charge in [-0.05, 0) is 48.4 Å². The summed E-state index contributed by atoms with van der Waals surface area (Å²) in [4.78, 5) is 18.2. The summed E-state index contributed by atoms with van der Waals surface area (Å²) >= 11 is 0. The molecule has 2 aromatic rings. The van der Waals surface area contributed by atoms with Gasteiger partial charge in [-0.15, -0.1) is 4.40 Å². The zero-order valence-corrected chi connectivity index (χ0v) is 16.8. The largest absolute Gasteiger partial charge is 0.491 e. The predicted octanol–water partition coefficient (Wildman–Crippen LogP) is 3.01. The number of benzene rings is 1. The van der Waals surface area contributed by atoms with Gasteiger partial charge >= 0.3 is 0 Å². The van der Waals surface area contributed by atoms with Crippen molar-refractivity contribution in [3.8, 4) is 5.75 Å². The second-order valence-corrected chi connectivity index (χ2v) is 8.52. The number of likely N-dealkylation sites (tertiary alicyclic amines) is 1. The third-order valence-electron chi connectivity index (χ3n) is 5.08. The molecule has 9 nitrogen and oxygen atoms in total. The van der Waals surface area contributed by atoms with Gasteiger partial charge < -0.3 is 15.4 Å². The van der Waals surface area contributed by atoms with E-state index in [0.29, 0.717) is 23.5 Å². The van der Waals surface area contributed by atoms with Crippen molar-refractivity contribution >= 4 is 28.4 Å². The molecule has 1 aromatic carbocycles. The summed E-state index contributed by atoms with van der Waals surface area (Å²) in [5.74, 6) is -0.687. The maximum absolute atomic E-state index is 14.1. The number of nitrogens with zero attached hydrogens (tertiary/aromatic N) is 3. The van der Waals surface area contributed by atoms with Gasteiger partial charge in [-0.1, -0.05) is 6.07 Å². The lowest BCUT2D eigenvalue weighted by Gasteiger charge is -2.36. The summed E-state index contributed by atoms with van der Waals surface area (Å²) < 4.78 is 45.8. The van der Waals surface area contributed by atoms with Crippen LogP contribution in [-0.4, -0.2) is 49.9 Å². The van der Waals surface area contributed by atoms with Crippen molar-refractivity contribution in [1.29, 1.82) is 0 Å². The standard InChI is InChI=1S/C19H22FN5O4S/c20-14-10-22-8-7-13(14)19(26)25-9-2-1-4-12(25)11-29-16-6-3-5-15-17(16)18(21)24-30(27,28)23-15/h3,5-8,10,12,23,27-28H,1-2,4,9,11H2,(H2,21,24)/t12-/m1/s1. The zero-order valence-electron chi connectivity index (χ0n) is 16.0. The topological polar surface area (TPSA) is 133 Å². The van der Waals surface area contributed by atoms with Gasteiger partial charge in [-0.2, -0.15) is 0 Å². The highest BCUT2D eigenvalue weighted by atomic mass is 32.3. The first kappa shape index (κ1) is 20.4. The Morgan fingerprint density at radius 2 is 2.20 bits per heavy atom. The van der Waals surface area contributed by atoms with Crippen LogP contribution in [0, 0.1) is 5.82 Å². The molecule has 0 aliphatic carbocycles. The number of pyridine rings is 1. The van der Waals surface area contributed by atoms with E-state index in [1.165, 1.54) is 12.3 Å². The molecule has 1 atom stereocenters. The van der Waals surface area contributed by atoms with E-state index in [1.54, 1.807) is 23.1 Å². The molecule has 4 rings (SSSR count). The van der Waals surface area contributed by atoms with Crippen molar-refractivity contribution in [2.75, 3.05) is 17.9 Å². The van der Waals surface area contributed by atoms with Gasteiger partial charge in [0.2, 0.25) is 0 Å². The summed E-state index contributed by atoms with van der Waals surface area (Å²) in [5, 5.41) is 0. The maximum atomic E-state index is 14.1. The molecule has 11 heteroatoms. The smallest absolute Gasteiger partial charge is 0.257 e. The molecule has 2 aliphatic heterocycles. The summed E-state index contributed by atoms with van der Waals surface area (Å²) in [5.41, 5.74) is 6.73. The average Bonchev–Trinajstić information content (AvgIpc) is 2.71. The molecule has 160 valence electrons. The highest BCUT2D eigenvalue weighted by molar-refractivity contribution is 8.24. The zero-order chi connectivity index (χ0) is 21.3. The summed E-state index contributed by atoms with van der Waals surface area (Å²) in [6.07, 6.45) is 4.89. The van der Waals surface area contributed by atoms with Crippen LogP contribution in [-0.2, 0) is 0 Å². The number of carbonyl (C=O) groups excluding carboxylic acids is 1. The first-order chi connectivity index (χ1) is 14.4. The minimum absolute atomic E-state index is 0.0141. The number of hydrogen-bond donors (Lipinski definition) is 4. The van der Waals surface area contributed by atoms with Crippen LogP contribution in [0.5, 0.6) is 5.75 Å². The molecule has 3 heterocycles. The van der Waals surface area contributed by atoms with Crippen LogP contribution in [0.3, 0.4) is 0 Å². The fourth-order valence-corrected chi connectivity index (χ4v) is 4.56. The van der Waals surface area contributed by atoms with Gasteiger partial charge in [0.25, 0.3) is 5.91 Å². The molecule has 5 N–H and O–H groups in total. The summed E-state index contributed by atoms with van der Waals surface area (Å²) in [6, 6.07) is 6.15. The van der Waals surface area contributed by atoms with E-state index in [0.717, 1.165) is 25.5 Å². The number of amides is 1. The lowest BCUT2D eigenvalue weighted by Crippen LogP contribution is -2.47. The number of ether oxygens (including phenoxy) is 1. The summed E-state index contributed by atoms with van der Waals surface area (Å²) in [7, 11) is -3.39. The van der Waals surface area contributed by atoms with Crippen LogP contribution in [0.1, 0.15) is 35.2 Å². The maximum Gasteiger partial charge on any atom is 0.257 e. The van der Waals surface area contributed by atoms with Crippen LogP contribution in [0.4, 0.5) is 10.1 Å². The molecule has 0 saturated carbocycles. The molecule has 30 heavy (non-hydrogen) atoms. The molecular formula is C19H22FN5O4S. The monoisotopic (exact) mass is 435 g/mol. The molecule has 0 spiro atoms. The number of aromatic nitrogens is 1. The van der Waals surface area contributed by atoms with E-state index in [2.05, 4.69) is 14.1 Å². The van der Waals surface area contributed by atoms with Gasteiger partial charge in [0, 0.05) is 12.7 Å². The third-order valence-corrected chi connectivity index (χ3v) is 6.02. The molecule has 0 unspecified atom stereocenters. The van der Waals surface area contributed by atoms with Crippen molar-refractivity contribution in [2.24, 2.45) is 10.1 Å². The molecule has 0 radical (unpaired) electrons. The van der Waals surface area contributed by atoms with E-state index in [9.17, 15) is 18.3 Å². The van der Waals surface area contributed by atoms with Crippen molar-refractivity contribution in [3.05, 3.63) is 53.6 Å². The molecule has 1 aromatic heterocycles. The molecule has 1 amide bonds. The number of halogens is 1. The van der Waals surface area contributed by atoms with Gasteiger partial charge in [-0.25, -0.2) is 4.39 Å². The molecule has 1 fully saturated rings. The number of anilines is 1. The number of rotatable bonds is 4. The molecular weight excluding hydrogens is 413 g/mol. The highest BCUT2D eigenvalue weighted by Crippen LogP contribution is 2.46. The number of piperidine rings is 1. The molecule has 1 saturated heterocycles. The molecule has 0 bridgehead atoms. The van der Waals surface area contributed by atoms with E-state index >= 15 is 0 Å². The second kappa shape index (κ2) is 8.09. The number of carbonyl (C=O) groups is 1. The van der Waals surface area contributed by atoms with E-state index in [4.69, 9.17) is 10.5 Å². The minimum atomic E-state index is -3.39. The van der Waals surface area contributed by atoms with Crippen LogP contribution in [0.2, 0.25) is 0 Å². The van der Waals surface area contributed by atoms with Gasteiger partial charge in [0.15, 0.2) is 11.7 Å². The van der Waals surface area contributed by atoms with Gasteiger partial charge in [0.1, 0.15) is 12.4 Å². The normalized spacial score (nSPS) is 21.1. The van der Waals surface area contributed by atoms with Crippen molar-refractivity contribution in [3.63, 3.8) is 0 Å². The number of fused-ring (bicyclic) bond motifs is 1. The number of hydrogen-bond acceptors (Lipinski definition) is 8. The Morgan fingerprint density at radius 1 is 1.37 bits per heavy atom. The predicted molar refractivity (Wildman–Crippen MR) is 112 cm³/mol. The van der Waals surface area contributed by atoms with Gasteiger partial charge in [0.05, 0.1) is 29.1 Å². The number of nitrogens with one attached hydrogen (secondary N) is 1. The third kappa shape index (κ3) is 4.04. The first-order valence-corrected chi connectivity index (χ1v) is 10.9. The Hall–Kier alpha value is -2.89. The SMILES string of the molecule is NC1=NS(O)(O)Nc2cccc(OC[C@H]3CCCCN3C(=O)c3ccncc3F)c21. The Labute approximate surface area is 174 Å². The molecule has 2 aliphatic rings. The average molecular weight is 435 g/mol. The van der Waals surface area contributed by atoms with Crippen LogP contribution in [0.15, 0.2) is 41.1 Å². The lowest BCUT2D eigenvalue weighted by molar-refractivity contribution is 0.0523. The van der Waals surface area contributed by atoms with E-state index < -0.39 is 22.7 Å². The van der Waals surface area contributed by atoms with E-state index in [-0.39, 0.29) is 24.0 Å². The number of amidine groups is 1. The summed E-state index contributed by atoms with van der Waals surface area (Å²) in [6.45, 7) is 0.687. The Bertz CT molecular complexity index is 1000. The van der Waals surface area contributed by atoms with Crippen LogP contribution < -0.4 is 15.2 Å². The van der Waals surface area contributed by atoms with Crippen molar-refractivity contribution < 1.29 is 23.0 Å². The second-order valence-electron chi connectivity index (χ2n) is 7.09. The fourth-order valence-electron chi connectivity index (χ4n) is 3.68. The fraction of sp³-hybridized carbons (Fsp3) is 0.316. The quantitative estimate of drug-likeness (QED) is 0.580. The van der Waals surface area contributed by atoms with Crippen LogP contribution >= 0.6 is 11.0 Å². The lowest BCUT2D eigenvalue weighted by atomic mass is 10.0. The minimum Gasteiger partial charge on any atom is -0.491 e. The van der Waals surface area contributed by atoms with Crippen LogP contribution in [0.25, 0.3) is 0 Å². The first-order valence-electron chi connectivity index (χ1n) is 9.44. The Morgan fingerprint density at radius 3 is 3.00 bits per heavy atom. The van der Waals surface area contributed by atoms with Crippen molar-refractivity contribution in [2.45, 2.75) is 25.3 Å². The number of nitrogens with two attached hydrogens (primary N) is 1. The van der Waals surface area contributed by atoms with E-state index in [1.807, 2.05) is 0 Å². The van der Waals surface area contributed by atoms with Gasteiger partial charge in [-0.3, -0.25) is 23.6 Å².